The van der Waals surface area contributed by atoms with E-state index >= 15 is 0 Å². The number of halogens is 1. The van der Waals surface area contributed by atoms with Crippen molar-refractivity contribution in [2.45, 2.75) is 0 Å². The first-order chi connectivity index (χ1) is 10.8. The molecule has 2 heterocycles. The summed E-state index contributed by atoms with van der Waals surface area (Å²) in [4.78, 5) is 19.1. The number of nitrogens with one attached hydrogen (secondary N) is 1. The van der Waals surface area contributed by atoms with Gasteiger partial charge in [-0.2, -0.15) is 10.1 Å². The number of anilines is 3. The lowest BCUT2D eigenvalue weighted by Crippen LogP contribution is -2.46. The number of hydrogen-bond acceptors (Lipinski definition) is 6. The van der Waals surface area contributed by atoms with E-state index in [1.165, 1.54) is 0 Å². The molecule has 22 heavy (non-hydrogen) atoms. The number of carbonyl (C=O) groups excluding carboxylic acids is 1. The fourth-order valence-corrected chi connectivity index (χ4v) is 2.62. The van der Waals surface area contributed by atoms with E-state index in [2.05, 4.69) is 41.3 Å². The highest BCUT2D eigenvalue weighted by molar-refractivity contribution is 9.10. The largest absolute Gasteiger partial charge is 0.352 e. The molecule has 1 aliphatic heterocycles. The van der Waals surface area contributed by atoms with E-state index in [1.54, 1.807) is 11.1 Å². The van der Waals surface area contributed by atoms with Gasteiger partial charge in [0.1, 0.15) is 0 Å². The van der Waals surface area contributed by atoms with Gasteiger partial charge >= 0.3 is 0 Å². The van der Waals surface area contributed by atoms with Crippen molar-refractivity contribution in [3.05, 3.63) is 34.9 Å². The van der Waals surface area contributed by atoms with Crippen molar-refractivity contribution in [1.82, 2.24) is 20.1 Å². The lowest BCUT2D eigenvalue weighted by Gasteiger charge is -2.33. The first-order valence-corrected chi connectivity index (χ1v) is 7.71. The van der Waals surface area contributed by atoms with Gasteiger partial charge in [0.05, 0.1) is 11.9 Å². The Morgan fingerprint density at radius 2 is 1.95 bits per heavy atom. The predicted octanol–water partition coefficient (Wildman–Crippen LogP) is 1.66. The monoisotopic (exact) mass is 362 g/mol. The van der Waals surface area contributed by atoms with Crippen LogP contribution in [0.5, 0.6) is 0 Å². The first kappa shape index (κ1) is 14.7. The molecule has 0 spiro atoms. The fraction of sp³-hybridized carbons (Fsp3) is 0.286. The van der Waals surface area contributed by atoms with Crippen molar-refractivity contribution >= 4 is 39.8 Å². The van der Waals surface area contributed by atoms with E-state index in [-0.39, 0.29) is 0 Å². The molecule has 0 atom stereocenters. The summed E-state index contributed by atoms with van der Waals surface area (Å²) in [5, 5.41) is 11.2. The Hall–Kier alpha value is -2.22. The zero-order chi connectivity index (χ0) is 15.4. The van der Waals surface area contributed by atoms with Gasteiger partial charge < -0.3 is 15.1 Å². The van der Waals surface area contributed by atoms with Gasteiger partial charge in [-0.3, -0.25) is 4.79 Å². The van der Waals surface area contributed by atoms with Gasteiger partial charge in [0.15, 0.2) is 5.82 Å². The van der Waals surface area contributed by atoms with Crippen LogP contribution in [0.3, 0.4) is 0 Å². The van der Waals surface area contributed by atoms with E-state index in [0.29, 0.717) is 19.0 Å². The van der Waals surface area contributed by atoms with E-state index in [1.807, 2.05) is 24.3 Å². The van der Waals surface area contributed by atoms with Crippen LogP contribution < -0.4 is 10.2 Å². The highest BCUT2D eigenvalue weighted by atomic mass is 79.9. The number of piperazine rings is 1. The summed E-state index contributed by atoms with van der Waals surface area (Å²) >= 11 is 3.48. The third-order valence-electron chi connectivity index (χ3n) is 3.45. The van der Waals surface area contributed by atoms with Crippen LogP contribution in [0.15, 0.2) is 34.9 Å². The van der Waals surface area contributed by atoms with Gasteiger partial charge in [0.25, 0.3) is 0 Å². The molecule has 0 unspecified atom stereocenters. The molecule has 1 aromatic heterocycles. The fourth-order valence-electron chi connectivity index (χ4n) is 2.24. The van der Waals surface area contributed by atoms with E-state index in [0.717, 1.165) is 35.5 Å². The molecule has 0 aliphatic carbocycles. The number of aromatic nitrogens is 3. The van der Waals surface area contributed by atoms with Gasteiger partial charge in [-0.15, -0.1) is 5.10 Å². The zero-order valence-corrected chi connectivity index (χ0v) is 13.4. The van der Waals surface area contributed by atoms with Crippen LogP contribution in [0.2, 0.25) is 0 Å². The van der Waals surface area contributed by atoms with Crippen LogP contribution in [0.25, 0.3) is 0 Å². The zero-order valence-electron chi connectivity index (χ0n) is 11.8. The number of benzene rings is 1. The Balaban J connectivity index is 1.73. The van der Waals surface area contributed by atoms with Crippen molar-refractivity contribution in [3.63, 3.8) is 0 Å². The Bertz CT molecular complexity index is 659. The van der Waals surface area contributed by atoms with Crippen LogP contribution in [0.4, 0.5) is 17.5 Å². The molecule has 1 aliphatic rings. The standard InChI is InChI=1S/C14H15BrN6O/c15-11-3-1-2-4-12(11)17-14-18-13(9-16-19-14)21-7-5-20(10-22)6-8-21/h1-4,9-10H,5-8H2,(H,17,18,19). The van der Waals surface area contributed by atoms with E-state index < -0.39 is 0 Å². The number of para-hydroxylation sites is 1. The molecule has 1 N–H and O–H groups in total. The molecule has 114 valence electrons. The molecular weight excluding hydrogens is 348 g/mol. The molecule has 1 aromatic carbocycles. The molecule has 8 heteroatoms. The molecule has 7 nitrogen and oxygen atoms in total. The van der Waals surface area contributed by atoms with Crippen LogP contribution >= 0.6 is 15.9 Å². The molecule has 0 radical (unpaired) electrons. The minimum absolute atomic E-state index is 0.446. The van der Waals surface area contributed by atoms with Crippen molar-refractivity contribution in [2.24, 2.45) is 0 Å². The maximum atomic E-state index is 10.7. The number of rotatable bonds is 4. The third kappa shape index (κ3) is 3.33. The average Bonchev–Trinajstić information content (AvgIpc) is 2.57. The first-order valence-electron chi connectivity index (χ1n) is 6.92. The molecule has 0 bridgehead atoms. The smallest absolute Gasteiger partial charge is 0.249 e. The van der Waals surface area contributed by atoms with E-state index in [9.17, 15) is 4.79 Å². The van der Waals surface area contributed by atoms with Gasteiger partial charge in [-0.05, 0) is 28.1 Å². The molecule has 3 rings (SSSR count). The number of nitrogens with zero attached hydrogens (tertiary/aromatic N) is 5. The summed E-state index contributed by atoms with van der Waals surface area (Å²) < 4.78 is 0.934. The maximum Gasteiger partial charge on any atom is 0.249 e. The normalized spacial score (nSPS) is 14.8. The van der Waals surface area contributed by atoms with Gasteiger partial charge in [0.2, 0.25) is 12.4 Å². The summed E-state index contributed by atoms with van der Waals surface area (Å²) in [6.45, 7) is 2.87. The Morgan fingerprint density at radius 1 is 1.18 bits per heavy atom. The van der Waals surface area contributed by atoms with Gasteiger partial charge in [-0.1, -0.05) is 12.1 Å². The molecule has 1 saturated heterocycles. The van der Waals surface area contributed by atoms with Crippen molar-refractivity contribution in [2.75, 3.05) is 36.4 Å². The minimum Gasteiger partial charge on any atom is -0.352 e. The van der Waals surface area contributed by atoms with Crippen LogP contribution in [-0.4, -0.2) is 52.7 Å². The molecule has 1 fully saturated rings. The molecule has 1 amide bonds. The topological polar surface area (TPSA) is 74.2 Å². The molecule has 0 saturated carbocycles. The molecular formula is C14H15BrN6O. The average molecular weight is 363 g/mol. The van der Waals surface area contributed by atoms with Crippen LogP contribution in [0.1, 0.15) is 0 Å². The SMILES string of the molecule is O=CN1CCN(c2cnnc(Nc3ccccc3Br)n2)CC1. The van der Waals surface area contributed by atoms with Crippen molar-refractivity contribution in [3.8, 4) is 0 Å². The minimum atomic E-state index is 0.446. The summed E-state index contributed by atoms with van der Waals surface area (Å²) in [6, 6.07) is 7.75. The highest BCUT2D eigenvalue weighted by Gasteiger charge is 2.17. The van der Waals surface area contributed by atoms with Gasteiger partial charge in [-0.25, -0.2) is 0 Å². The Labute approximate surface area is 136 Å². The second-order valence-electron chi connectivity index (χ2n) is 4.87. The van der Waals surface area contributed by atoms with Crippen LogP contribution in [-0.2, 0) is 4.79 Å². The van der Waals surface area contributed by atoms with Crippen molar-refractivity contribution < 1.29 is 4.79 Å². The van der Waals surface area contributed by atoms with Crippen LogP contribution in [0, 0.1) is 0 Å². The second-order valence-corrected chi connectivity index (χ2v) is 5.73. The highest BCUT2D eigenvalue weighted by Crippen LogP contribution is 2.24. The maximum absolute atomic E-state index is 10.7. The quantitative estimate of drug-likeness (QED) is 0.833. The number of hydrogen-bond donors (Lipinski definition) is 1. The van der Waals surface area contributed by atoms with E-state index in [4.69, 9.17) is 0 Å². The van der Waals surface area contributed by atoms with Gasteiger partial charge in [0, 0.05) is 30.7 Å². The number of carbonyl (C=O) groups is 1. The lowest BCUT2D eigenvalue weighted by atomic mass is 10.3. The predicted molar refractivity (Wildman–Crippen MR) is 87.1 cm³/mol. The van der Waals surface area contributed by atoms with Crippen molar-refractivity contribution in [1.29, 1.82) is 0 Å². The summed E-state index contributed by atoms with van der Waals surface area (Å²) in [5.41, 5.74) is 0.882. The summed E-state index contributed by atoms with van der Waals surface area (Å²) in [5.74, 6) is 1.21. The summed E-state index contributed by atoms with van der Waals surface area (Å²) in [7, 11) is 0. The Morgan fingerprint density at radius 3 is 2.68 bits per heavy atom. The second kappa shape index (κ2) is 6.69. The summed E-state index contributed by atoms with van der Waals surface area (Å²) in [6.07, 6.45) is 2.53. The Kier molecular flexibility index (Phi) is 4.47. The molecule has 2 aromatic rings. The number of amides is 1. The third-order valence-corrected chi connectivity index (χ3v) is 4.15. The lowest BCUT2D eigenvalue weighted by molar-refractivity contribution is -0.118.